The van der Waals surface area contributed by atoms with Crippen LogP contribution in [0.15, 0.2) is 394 Å². The Bertz CT molecular complexity index is 8130. The molecule has 0 spiro atoms. The average Bonchev–Trinajstić information content (AvgIpc) is 1.63. The first-order valence-electron chi connectivity index (χ1n) is 39.6. The number of thiophene rings is 4. The number of hydrogen-bond acceptors (Lipinski definition) is 9. The largest absolute Gasteiger partial charge is 0.228 e. The fraction of sp³-hybridized carbons (Fsp3) is 0. The number of aromatic nitrogens is 5. The van der Waals surface area contributed by atoms with Crippen LogP contribution in [0, 0.1) is 0 Å². The first-order valence-corrected chi connectivity index (χ1v) is 42.9. The topological polar surface area (TPSA) is 64.5 Å². The Morgan fingerprint density at radius 1 is 0.136 bits per heavy atom. The highest BCUT2D eigenvalue weighted by Crippen LogP contribution is 2.47. The third kappa shape index (κ3) is 12.4. The molecule has 0 saturated carbocycles. The van der Waals surface area contributed by atoms with Crippen LogP contribution in [0.3, 0.4) is 0 Å². The van der Waals surface area contributed by atoms with Gasteiger partial charge in [0.2, 0.25) is 0 Å². The number of nitrogens with zero attached hydrogens (tertiary/aromatic N) is 5. The molecular formula is C109H65N5S4. The van der Waals surface area contributed by atoms with Crippen LogP contribution in [0.4, 0.5) is 0 Å². The quantitative estimate of drug-likeness (QED) is 0.121. The van der Waals surface area contributed by atoms with Gasteiger partial charge in [0.1, 0.15) is 0 Å². The summed E-state index contributed by atoms with van der Waals surface area (Å²) in [6, 6.07) is 142. The summed E-state index contributed by atoms with van der Waals surface area (Å²) in [5, 5.41) is 17.5. The summed E-state index contributed by atoms with van der Waals surface area (Å²) in [6.45, 7) is 0. The monoisotopic (exact) mass is 1570 g/mol. The van der Waals surface area contributed by atoms with Gasteiger partial charge in [-0.3, -0.25) is 0 Å². The molecular weight excluding hydrogens is 1510 g/mol. The number of rotatable bonds is 11. The van der Waals surface area contributed by atoms with Gasteiger partial charge in [0.15, 0.2) is 23.3 Å². The summed E-state index contributed by atoms with van der Waals surface area (Å²) in [6.07, 6.45) is 0. The van der Waals surface area contributed by atoms with E-state index in [0.29, 0.717) is 23.3 Å². The van der Waals surface area contributed by atoms with Crippen molar-refractivity contribution in [1.82, 2.24) is 24.9 Å². The minimum atomic E-state index is 0.626. The standard InChI is InChI=1S/C59H35N3S2.C50H30N2S2/c1-2-12-37(13-3-1)57-60-58(38-24-22-36(23-25-38)49-34-41-14-4-5-15-43(41)45-16-6-7-17-46(45)49)62-59(61-57)52-33-39(40-27-30-55-50(32-40)47-18-8-10-20-53(47)63-55)26-29-44(52)42-28-31-56-51(35-42)48-19-9-11-21-54(48)64-56;1-2-12-32(13-3-1)44-30-45(52-50(51-44)40-18-10-14-31-11-4-5-15-36(31)40)41-27-33(34-22-25-48-42(28-34)38-16-6-8-19-46(38)53-48)21-24-37(41)35-23-26-49-43(29-35)39-17-7-9-20-47(39)54-49/h1-35H;1-30H. The number of hydrogen-bond donors (Lipinski definition) is 0. The van der Waals surface area contributed by atoms with Gasteiger partial charge in [-0.05, 0) is 185 Å². The van der Waals surface area contributed by atoms with E-state index in [1.807, 2.05) is 63.5 Å². The average molecular weight is 1570 g/mol. The van der Waals surface area contributed by atoms with Crippen molar-refractivity contribution in [1.29, 1.82) is 0 Å². The van der Waals surface area contributed by atoms with E-state index in [-0.39, 0.29) is 0 Å². The van der Waals surface area contributed by atoms with E-state index in [1.54, 1.807) is 0 Å². The molecule has 6 aromatic heterocycles. The Balaban J connectivity index is 0.000000140. The Kier molecular flexibility index (Phi) is 17.0. The van der Waals surface area contributed by atoms with Crippen molar-refractivity contribution in [2.24, 2.45) is 0 Å². The fourth-order valence-corrected chi connectivity index (χ4v) is 21.6. The van der Waals surface area contributed by atoms with Crippen LogP contribution in [0.5, 0.6) is 0 Å². The van der Waals surface area contributed by atoms with Crippen LogP contribution in [0.25, 0.3) is 237 Å². The molecule has 0 N–H and O–H groups in total. The molecule has 0 amide bonds. The first-order chi connectivity index (χ1) is 58.4. The molecule has 0 aliphatic heterocycles. The predicted octanol–water partition coefficient (Wildman–Crippen LogP) is 31.6. The van der Waals surface area contributed by atoms with Gasteiger partial charge in [0, 0.05) is 114 Å². The molecule has 0 saturated heterocycles. The van der Waals surface area contributed by atoms with Crippen LogP contribution in [-0.4, -0.2) is 24.9 Å². The van der Waals surface area contributed by atoms with Crippen molar-refractivity contribution >= 4 is 158 Å². The normalized spacial score (nSPS) is 11.7. The van der Waals surface area contributed by atoms with Crippen molar-refractivity contribution in [2.75, 3.05) is 0 Å². The van der Waals surface area contributed by atoms with Gasteiger partial charge in [0.25, 0.3) is 0 Å². The van der Waals surface area contributed by atoms with Gasteiger partial charge in [-0.2, -0.15) is 0 Å². The summed E-state index contributed by atoms with van der Waals surface area (Å²) >= 11 is 7.38. The van der Waals surface area contributed by atoms with Gasteiger partial charge in [-0.15, -0.1) is 45.3 Å². The van der Waals surface area contributed by atoms with Crippen molar-refractivity contribution in [2.45, 2.75) is 0 Å². The summed E-state index contributed by atoms with van der Waals surface area (Å²) < 4.78 is 10.4. The maximum atomic E-state index is 5.45. The molecule has 0 fully saturated rings. The molecule has 0 unspecified atom stereocenters. The van der Waals surface area contributed by atoms with Crippen molar-refractivity contribution in [3.05, 3.63) is 394 Å². The first kappa shape index (κ1) is 69.2. The third-order valence-electron chi connectivity index (χ3n) is 23.1. The molecule has 18 aromatic carbocycles. The predicted molar refractivity (Wildman–Crippen MR) is 506 cm³/mol. The lowest BCUT2D eigenvalue weighted by atomic mass is 9.91. The van der Waals surface area contributed by atoms with E-state index in [4.69, 9.17) is 24.9 Å². The summed E-state index contributed by atoms with van der Waals surface area (Å²) in [5.41, 5.74) is 19.2. The highest BCUT2D eigenvalue weighted by molar-refractivity contribution is 7.27. The lowest BCUT2D eigenvalue weighted by molar-refractivity contribution is 1.07. The van der Waals surface area contributed by atoms with Crippen molar-refractivity contribution < 1.29 is 0 Å². The molecule has 0 atom stereocenters. The molecule has 24 rings (SSSR count). The Labute approximate surface area is 695 Å². The maximum absolute atomic E-state index is 5.45. The second kappa shape index (κ2) is 28.9. The molecule has 5 nitrogen and oxygen atoms in total. The van der Waals surface area contributed by atoms with Crippen LogP contribution in [0.1, 0.15) is 0 Å². The van der Waals surface area contributed by atoms with Crippen molar-refractivity contribution in [3.63, 3.8) is 0 Å². The van der Waals surface area contributed by atoms with E-state index in [2.05, 4.69) is 376 Å². The van der Waals surface area contributed by atoms with Crippen molar-refractivity contribution in [3.8, 4) is 124 Å². The lowest BCUT2D eigenvalue weighted by Crippen LogP contribution is -2.01. The van der Waals surface area contributed by atoms with Gasteiger partial charge in [0.05, 0.1) is 11.4 Å². The maximum Gasteiger partial charge on any atom is 0.164 e. The van der Waals surface area contributed by atoms with E-state index in [0.717, 1.165) is 89.1 Å². The molecule has 0 aliphatic rings. The van der Waals surface area contributed by atoms with E-state index in [1.165, 1.54) is 124 Å². The summed E-state index contributed by atoms with van der Waals surface area (Å²) in [5.74, 6) is 2.60. The van der Waals surface area contributed by atoms with Crippen LogP contribution in [-0.2, 0) is 0 Å². The Morgan fingerprint density at radius 3 is 1.03 bits per heavy atom. The third-order valence-corrected chi connectivity index (χ3v) is 27.7. The zero-order valence-corrected chi connectivity index (χ0v) is 66.7. The zero-order chi connectivity index (χ0) is 77.7. The molecule has 24 aromatic rings. The fourth-order valence-electron chi connectivity index (χ4n) is 17.3. The second-order valence-corrected chi connectivity index (χ2v) is 34.4. The highest BCUT2D eigenvalue weighted by atomic mass is 32.1. The minimum Gasteiger partial charge on any atom is -0.228 e. The van der Waals surface area contributed by atoms with Gasteiger partial charge in [-0.25, -0.2) is 24.9 Å². The zero-order valence-electron chi connectivity index (χ0n) is 63.4. The van der Waals surface area contributed by atoms with Crippen LogP contribution in [0.2, 0.25) is 0 Å². The van der Waals surface area contributed by atoms with E-state index in [9.17, 15) is 0 Å². The highest BCUT2D eigenvalue weighted by Gasteiger charge is 2.23. The molecule has 550 valence electrons. The minimum absolute atomic E-state index is 0.626. The molecule has 9 heteroatoms. The van der Waals surface area contributed by atoms with E-state index < -0.39 is 0 Å². The lowest BCUT2D eigenvalue weighted by Gasteiger charge is -2.16. The van der Waals surface area contributed by atoms with Gasteiger partial charge >= 0.3 is 0 Å². The molecule has 0 radical (unpaired) electrons. The second-order valence-electron chi connectivity index (χ2n) is 30.1. The number of fused-ring (bicyclic) bond motifs is 16. The molecule has 0 bridgehead atoms. The summed E-state index contributed by atoms with van der Waals surface area (Å²) in [7, 11) is 0. The smallest absolute Gasteiger partial charge is 0.164 e. The summed E-state index contributed by atoms with van der Waals surface area (Å²) in [4.78, 5) is 26.6. The Hall–Kier alpha value is -14.3. The number of benzene rings is 18. The molecule has 0 aliphatic carbocycles. The molecule has 6 heterocycles. The van der Waals surface area contributed by atoms with Crippen LogP contribution < -0.4 is 0 Å². The van der Waals surface area contributed by atoms with E-state index >= 15 is 0 Å². The Morgan fingerprint density at radius 2 is 0.483 bits per heavy atom. The van der Waals surface area contributed by atoms with Gasteiger partial charge < -0.3 is 0 Å². The SMILES string of the molecule is c1ccc(-c2cc(-c3cc(-c4ccc5sc6ccccc6c5c4)ccc3-c3ccc4sc5ccccc5c4c3)nc(-c3cccc4ccccc34)n2)cc1.c1ccc(-c2nc(-c3ccc(-c4cc5ccccc5c5ccccc45)cc3)nc(-c3cc(-c4ccc5sc6ccccc6c5c4)ccc3-c3ccc4sc5ccccc5c4c3)n2)cc1. The van der Waals surface area contributed by atoms with Gasteiger partial charge in [-0.1, -0.05) is 297 Å². The van der Waals surface area contributed by atoms with Crippen LogP contribution >= 0.6 is 45.3 Å². The molecule has 118 heavy (non-hydrogen) atoms.